The lowest BCUT2D eigenvalue weighted by molar-refractivity contribution is 0.0950. The highest BCUT2D eigenvalue weighted by Gasteiger charge is 2.28. The Kier molecular flexibility index (Phi) is 3.83. The number of aromatic nitrogens is 5. The maximum absolute atomic E-state index is 12.5. The summed E-state index contributed by atoms with van der Waals surface area (Å²) in [6.07, 6.45) is 2.42. The molecule has 7 nitrogen and oxygen atoms in total. The van der Waals surface area contributed by atoms with Crippen molar-refractivity contribution in [2.45, 2.75) is 39.3 Å². The Morgan fingerprint density at radius 2 is 2.04 bits per heavy atom. The van der Waals surface area contributed by atoms with Gasteiger partial charge in [0.25, 0.3) is 5.91 Å². The van der Waals surface area contributed by atoms with E-state index >= 15 is 0 Å². The van der Waals surface area contributed by atoms with Crippen molar-refractivity contribution in [2.24, 2.45) is 0 Å². The van der Waals surface area contributed by atoms with Crippen LogP contribution in [0.5, 0.6) is 0 Å². The minimum atomic E-state index is -0.0257. The van der Waals surface area contributed by atoms with Crippen molar-refractivity contribution in [1.82, 2.24) is 30.5 Å². The van der Waals surface area contributed by atoms with Gasteiger partial charge in [0.1, 0.15) is 0 Å². The van der Waals surface area contributed by atoms with E-state index in [0.29, 0.717) is 18.4 Å². The summed E-state index contributed by atoms with van der Waals surface area (Å²) in [5.74, 6) is 0.533. The zero-order chi connectivity index (χ0) is 17.4. The number of aryl methyl sites for hydroxylation is 1. The number of hydrogen-bond donors (Lipinski definition) is 2. The predicted molar refractivity (Wildman–Crippen MR) is 93.0 cm³/mol. The lowest BCUT2D eigenvalue weighted by Gasteiger charge is -2.08. The van der Waals surface area contributed by atoms with E-state index < -0.39 is 0 Å². The third-order valence-corrected chi connectivity index (χ3v) is 4.65. The van der Waals surface area contributed by atoms with Crippen LogP contribution in [0.25, 0.3) is 11.4 Å². The minimum Gasteiger partial charge on any atom is -0.348 e. The van der Waals surface area contributed by atoms with Crippen LogP contribution in [0.4, 0.5) is 0 Å². The van der Waals surface area contributed by atoms with Crippen LogP contribution in [0.15, 0.2) is 30.3 Å². The number of aromatic amines is 1. The van der Waals surface area contributed by atoms with Gasteiger partial charge in [0.15, 0.2) is 0 Å². The Balaban J connectivity index is 1.43. The van der Waals surface area contributed by atoms with Crippen molar-refractivity contribution in [1.29, 1.82) is 0 Å². The van der Waals surface area contributed by atoms with Gasteiger partial charge in [0, 0.05) is 29.5 Å². The number of H-pyrrole nitrogens is 1. The van der Waals surface area contributed by atoms with Gasteiger partial charge in [-0.25, -0.2) is 0 Å². The zero-order valence-electron chi connectivity index (χ0n) is 14.3. The fraction of sp³-hybridized carbons (Fsp3) is 0.333. The second-order valence-electron chi connectivity index (χ2n) is 6.50. The Bertz CT molecular complexity index is 891. The first-order valence-electron chi connectivity index (χ1n) is 8.43. The van der Waals surface area contributed by atoms with Gasteiger partial charge in [-0.1, -0.05) is 24.3 Å². The van der Waals surface area contributed by atoms with Crippen LogP contribution in [-0.4, -0.2) is 31.1 Å². The summed E-state index contributed by atoms with van der Waals surface area (Å²) >= 11 is 0. The first-order chi connectivity index (χ1) is 12.1. The van der Waals surface area contributed by atoms with Crippen molar-refractivity contribution in [3.05, 3.63) is 52.8 Å². The van der Waals surface area contributed by atoms with Crippen LogP contribution in [0, 0.1) is 13.8 Å². The Morgan fingerprint density at radius 3 is 2.68 bits per heavy atom. The molecule has 0 atom stereocenters. The van der Waals surface area contributed by atoms with Crippen molar-refractivity contribution in [2.75, 3.05) is 0 Å². The van der Waals surface area contributed by atoms with E-state index in [2.05, 4.69) is 37.4 Å². The Labute approximate surface area is 145 Å². The highest BCUT2D eigenvalue weighted by atomic mass is 16.1. The lowest BCUT2D eigenvalue weighted by atomic mass is 10.1. The maximum atomic E-state index is 12.5. The molecule has 1 aliphatic carbocycles. The van der Waals surface area contributed by atoms with Gasteiger partial charge in [-0.2, -0.15) is 5.21 Å². The molecule has 7 heteroatoms. The van der Waals surface area contributed by atoms with Crippen LogP contribution < -0.4 is 5.32 Å². The molecule has 0 unspecified atom stereocenters. The smallest absolute Gasteiger partial charge is 0.253 e. The van der Waals surface area contributed by atoms with Crippen LogP contribution >= 0.6 is 0 Å². The molecular weight excluding hydrogens is 316 g/mol. The molecule has 1 saturated carbocycles. The van der Waals surface area contributed by atoms with E-state index in [-0.39, 0.29) is 5.91 Å². The quantitative estimate of drug-likeness (QED) is 0.749. The number of hydrogen-bond acceptors (Lipinski definition) is 4. The summed E-state index contributed by atoms with van der Waals surface area (Å²) in [4.78, 5) is 12.5. The standard InChI is InChI=1S/C18H20N6O/c1-11-9-16(12(2)24(11)15-7-8-15)18(25)19-10-13-3-5-14(6-4-13)17-20-22-23-21-17/h3-6,9,15H,7-8,10H2,1-2H3,(H,19,25)(H,20,21,22,23). The van der Waals surface area contributed by atoms with Crippen LogP contribution in [0.3, 0.4) is 0 Å². The molecule has 1 aromatic carbocycles. The Morgan fingerprint density at radius 1 is 1.28 bits per heavy atom. The molecule has 0 aliphatic heterocycles. The normalized spacial score (nSPS) is 13.8. The molecule has 2 N–H and O–H groups in total. The first-order valence-corrected chi connectivity index (χ1v) is 8.43. The molecule has 2 aromatic heterocycles. The number of rotatable bonds is 5. The molecule has 0 saturated heterocycles. The summed E-state index contributed by atoms with van der Waals surface area (Å²) in [5, 5.41) is 16.9. The lowest BCUT2D eigenvalue weighted by Crippen LogP contribution is -2.23. The number of benzene rings is 1. The van der Waals surface area contributed by atoms with Gasteiger partial charge in [0.2, 0.25) is 5.82 Å². The van der Waals surface area contributed by atoms with Gasteiger partial charge in [0.05, 0.1) is 5.56 Å². The average molecular weight is 336 g/mol. The molecule has 25 heavy (non-hydrogen) atoms. The van der Waals surface area contributed by atoms with Gasteiger partial charge >= 0.3 is 0 Å². The monoisotopic (exact) mass is 336 g/mol. The molecule has 1 fully saturated rings. The number of tetrazole rings is 1. The molecule has 1 aliphatic rings. The SMILES string of the molecule is Cc1cc(C(=O)NCc2ccc(-c3nn[nH]n3)cc2)c(C)n1C1CC1. The van der Waals surface area contributed by atoms with E-state index in [4.69, 9.17) is 0 Å². The summed E-state index contributed by atoms with van der Waals surface area (Å²) in [7, 11) is 0. The summed E-state index contributed by atoms with van der Waals surface area (Å²) in [6.45, 7) is 4.58. The highest BCUT2D eigenvalue weighted by molar-refractivity contribution is 5.95. The summed E-state index contributed by atoms with van der Waals surface area (Å²) in [6, 6.07) is 10.3. The van der Waals surface area contributed by atoms with Crippen molar-refractivity contribution in [3.8, 4) is 11.4 Å². The molecule has 1 amide bonds. The third kappa shape index (κ3) is 3.05. The second-order valence-corrected chi connectivity index (χ2v) is 6.50. The average Bonchev–Trinajstić information content (AvgIpc) is 3.19. The molecule has 3 aromatic rings. The predicted octanol–water partition coefficient (Wildman–Crippen LogP) is 2.55. The fourth-order valence-corrected chi connectivity index (χ4v) is 3.23. The first kappa shape index (κ1) is 15.6. The molecule has 0 bridgehead atoms. The van der Waals surface area contributed by atoms with Gasteiger partial charge in [-0.05, 0) is 43.5 Å². The van der Waals surface area contributed by atoms with E-state index in [9.17, 15) is 4.79 Å². The number of amides is 1. The van der Waals surface area contributed by atoms with Crippen LogP contribution in [-0.2, 0) is 6.54 Å². The van der Waals surface area contributed by atoms with E-state index in [0.717, 1.165) is 28.1 Å². The second kappa shape index (κ2) is 6.16. The third-order valence-electron chi connectivity index (χ3n) is 4.65. The largest absolute Gasteiger partial charge is 0.348 e. The van der Waals surface area contributed by atoms with E-state index in [1.165, 1.54) is 12.8 Å². The number of carbonyl (C=O) groups excluding carboxylic acids is 1. The molecule has 0 spiro atoms. The van der Waals surface area contributed by atoms with Gasteiger partial charge < -0.3 is 9.88 Å². The van der Waals surface area contributed by atoms with Gasteiger partial charge in [-0.3, -0.25) is 4.79 Å². The minimum absolute atomic E-state index is 0.0257. The number of carbonyl (C=O) groups is 1. The van der Waals surface area contributed by atoms with Crippen LogP contribution in [0.1, 0.15) is 46.2 Å². The number of nitrogens with one attached hydrogen (secondary N) is 2. The summed E-state index contributed by atoms with van der Waals surface area (Å²) < 4.78 is 2.29. The molecule has 0 radical (unpaired) electrons. The highest BCUT2D eigenvalue weighted by Crippen LogP contribution is 2.38. The van der Waals surface area contributed by atoms with E-state index in [1.54, 1.807) is 0 Å². The Hall–Kier alpha value is -2.96. The van der Waals surface area contributed by atoms with E-state index in [1.807, 2.05) is 37.3 Å². The van der Waals surface area contributed by atoms with Crippen LogP contribution in [0.2, 0.25) is 0 Å². The topological polar surface area (TPSA) is 88.5 Å². The zero-order valence-corrected chi connectivity index (χ0v) is 14.3. The summed E-state index contributed by atoms with van der Waals surface area (Å²) in [5.41, 5.74) is 4.90. The molecular formula is C18H20N6O. The van der Waals surface area contributed by atoms with Gasteiger partial charge in [-0.15, -0.1) is 10.2 Å². The van der Waals surface area contributed by atoms with Crippen molar-refractivity contribution >= 4 is 5.91 Å². The van der Waals surface area contributed by atoms with Crippen molar-refractivity contribution in [3.63, 3.8) is 0 Å². The molecule has 2 heterocycles. The number of nitrogens with zero attached hydrogens (tertiary/aromatic N) is 4. The van der Waals surface area contributed by atoms with Crippen molar-refractivity contribution < 1.29 is 4.79 Å². The maximum Gasteiger partial charge on any atom is 0.253 e. The fourth-order valence-electron chi connectivity index (χ4n) is 3.23. The molecule has 4 rings (SSSR count). The molecule has 128 valence electrons.